The zero-order valence-corrected chi connectivity index (χ0v) is 39.5. The number of dihydropyridines is 1. The van der Waals surface area contributed by atoms with Crippen LogP contribution in [0.25, 0.3) is 10.8 Å². The summed E-state index contributed by atoms with van der Waals surface area (Å²) in [7, 11) is 1.53. The number of hydrogen-bond acceptors (Lipinski definition) is 10. The van der Waals surface area contributed by atoms with E-state index in [-0.39, 0.29) is 29.8 Å². The average Bonchev–Trinajstić information content (AvgIpc) is 3.38. The number of ketones is 2. The number of phenolic OH excluding ortho intramolecular Hbond substituents is 1. The molecular weight excluding hydrogens is 837 g/mol. The maximum absolute atomic E-state index is 14.7. The monoisotopic (exact) mass is 909 g/mol. The molecule has 7 aliphatic rings. The smallest absolute Gasteiger partial charge is 0.160 e. The number of carbonyl (C=O) groups is 2. The van der Waals surface area contributed by atoms with Crippen molar-refractivity contribution in [3.8, 4) is 23.3 Å². The quantitative estimate of drug-likeness (QED) is 0.0911. The Bertz CT molecular complexity index is 2460. The molecule has 67 heavy (non-hydrogen) atoms. The number of aromatic hydroxyl groups is 1. The van der Waals surface area contributed by atoms with Crippen LogP contribution in [0.15, 0.2) is 78.1 Å². The van der Waals surface area contributed by atoms with Crippen molar-refractivity contribution >= 4 is 22.3 Å². The van der Waals surface area contributed by atoms with Gasteiger partial charge in [-0.3, -0.25) is 9.59 Å². The third-order valence-electron chi connectivity index (χ3n) is 18.1. The van der Waals surface area contributed by atoms with Crippen LogP contribution in [-0.2, 0) is 16.0 Å². The largest absolute Gasteiger partial charge is 0.504 e. The highest BCUT2D eigenvalue weighted by Gasteiger charge is 2.58. The number of ether oxygens (including phenoxy) is 1. The number of methoxy groups -OCH3 is 1. The molecule has 10 nitrogen and oxygen atoms in total. The van der Waals surface area contributed by atoms with Gasteiger partial charge in [-0.25, -0.2) is 0 Å². The first-order chi connectivity index (χ1) is 32.5. The molecule has 10 rings (SSSR count). The molecule has 0 unspecified atom stereocenters. The maximum atomic E-state index is 14.7. The molecule has 3 aromatic carbocycles. The Hall–Kier alpha value is -4.66. The van der Waals surface area contributed by atoms with E-state index in [0.29, 0.717) is 116 Å². The summed E-state index contributed by atoms with van der Waals surface area (Å²) in [6.45, 7) is 5.68. The molecule has 3 aromatic rings. The molecule has 2 heterocycles. The van der Waals surface area contributed by atoms with Crippen LogP contribution in [0.2, 0.25) is 0 Å². The van der Waals surface area contributed by atoms with Crippen LogP contribution in [0.1, 0.15) is 112 Å². The highest BCUT2D eigenvalue weighted by Crippen LogP contribution is 2.60. The molecule has 8 N–H and O–H groups in total. The van der Waals surface area contributed by atoms with Crippen molar-refractivity contribution in [2.45, 2.75) is 120 Å². The van der Waals surface area contributed by atoms with Crippen molar-refractivity contribution in [1.29, 1.82) is 0 Å². The van der Waals surface area contributed by atoms with E-state index in [1.165, 1.54) is 13.5 Å². The predicted molar refractivity (Wildman–Crippen MR) is 262 cm³/mol. The van der Waals surface area contributed by atoms with E-state index >= 15 is 0 Å². The van der Waals surface area contributed by atoms with Crippen molar-refractivity contribution in [3.05, 3.63) is 94.8 Å². The number of carbonyl (C=O) groups excluding carboxylic acids is 2. The molecule has 0 amide bonds. The summed E-state index contributed by atoms with van der Waals surface area (Å²) in [5.74, 6) is 12.2. The molecule has 4 saturated carbocycles. The second-order valence-electron chi connectivity index (χ2n) is 21.5. The molecule has 5 fully saturated rings. The minimum Gasteiger partial charge on any atom is -0.504 e. The SMILES string of the molecule is CCNC[C@@H]1[C@H]2CC[C@H]3CC(=O)C[C@@H]4NC[C@@H](C[C@H]1[C@H]1CC[C@@]5(C#C[C@H](CC[C@H](O)C[C@H](C6=CCNC(N)=C6)c6ccc7ccccc7c6)c6cc(O)c(OC)cc6CCC5=O)[C@H](O)C1)[C@@H]2[C@@H]34. The first kappa shape index (κ1) is 46.1. The Labute approximate surface area is 397 Å². The number of hydrogen-bond donors (Lipinski definition) is 7. The van der Waals surface area contributed by atoms with Gasteiger partial charge in [-0.05, 0) is 182 Å². The number of aryl methyl sites for hydroxylation is 1. The maximum Gasteiger partial charge on any atom is 0.160 e. The molecule has 0 radical (unpaired) electrons. The third kappa shape index (κ3) is 8.95. The summed E-state index contributed by atoms with van der Waals surface area (Å²) in [6.07, 6.45) is 11.4. The highest BCUT2D eigenvalue weighted by molar-refractivity contribution is 5.89. The minimum absolute atomic E-state index is 0.00831. The molecule has 356 valence electrons. The van der Waals surface area contributed by atoms with Crippen LogP contribution >= 0.6 is 0 Å². The summed E-state index contributed by atoms with van der Waals surface area (Å²) in [5, 5.41) is 48.8. The number of aliphatic hydroxyl groups is 2. The lowest BCUT2D eigenvalue weighted by Crippen LogP contribution is -2.64. The predicted octanol–water partition coefficient (Wildman–Crippen LogP) is 7.40. The zero-order valence-electron chi connectivity index (χ0n) is 39.5. The number of nitrogens with one attached hydrogen (secondary N) is 3. The van der Waals surface area contributed by atoms with Gasteiger partial charge in [0.15, 0.2) is 17.3 Å². The molecular formula is C57H72N4O6. The van der Waals surface area contributed by atoms with E-state index in [2.05, 4.69) is 71.1 Å². The number of benzene rings is 3. The fourth-order valence-corrected chi connectivity index (χ4v) is 14.9. The van der Waals surface area contributed by atoms with Gasteiger partial charge in [0.05, 0.1) is 25.1 Å². The first-order valence-corrected chi connectivity index (χ1v) is 25.7. The van der Waals surface area contributed by atoms with Crippen molar-refractivity contribution in [1.82, 2.24) is 16.0 Å². The number of rotatable bonds is 12. The normalized spacial score (nSPS) is 34.4. The lowest BCUT2D eigenvalue weighted by atomic mass is 9.46. The van der Waals surface area contributed by atoms with E-state index in [1.54, 1.807) is 6.07 Å². The summed E-state index contributed by atoms with van der Waals surface area (Å²) >= 11 is 0. The fourth-order valence-electron chi connectivity index (χ4n) is 14.9. The lowest BCUT2D eigenvalue weighted by molar-refractivity contribution is -0.143. The number of aliphatic hydroxyl groups excluding tert-OH is 2. The van der Waals surface area contributed by atoms with Crippen LogP contribution in [0.3, 0.4) is 0 Å². The zero-order chi connectivity index (χ0) is 46.4. The molecule has 14 atom stereocenters. The minimum atomic E-state index is -1.18. The van der Waals surface area contributed by atoms with Gasteiger partial charge in [0, 0.05) is 43.7 Å². The molecule has 1 spiro atoms. The van der Waals surface area contributed by atoms with Gasteiger partial charge in [0.25, 0.3) is 0 Å². The summed E-state index contributed by atoms with van der Waals surface area (Å²) in [6, 6.07) is 18.7. The van der Waals surface area contributed by atoms with Crippen LogP contribution in [0.4, 0.5) is 0 Å². The fraction of sp³-hybridized carbons (Fsp3) is 0.579. The summed E-state index contributed by atoms with van der Waals surface area (Å²) in [5.41, 5.74) is 9.03. The molecule has 1 saturated heterocycles. The average molecular weight is 909 g/mol. The van der Waals surface area contributed by atoms with E-state index < -0.39 is 23.5 Å². The molecule has 10 heteroatoms. The van der Waals surface area contributed by atoms with Gasteiger partial charge < -0.3 is 41.7 Å². The summed E-state index contributed by atoms with van der Waals surface area (Å²) in [4.78, 5) is 27.5. The summed E-state index contributed by atoms with van der Waals surface area (Å²) < 4.78 is 5.57. The molecule has 0 aromatic heterocycles. The second-order valence-corrected chi connectivity index (χ2v) is 21.5. The van der Waals surface area contributed by atoms with Crippen LogP contribution < -0.4 is 26.4 Å². The van der Waals surface area contributed by atoms with Crippen molar-refractivity contribution in [3.63, 3.8) is 0 Å². The van der Waals surface area contributed by atoms with Crippen molar-refractivity contribution in [2.24, 2.45) is 58.5 Å². The van der Waals surface area contributed by atoms with E-state index in [0.717, 1.165) is 78.4 Å². The van der Waals surface area contributed by atoms with Gasteiger partial charge in [-0.1, -0.05) is 67.3 Å². The van der Waals surface area contributed by atoms with Gasteiger partial charge in [0.2, 0.25) is 0 Å². The van der Waals surface area contributed by atoms with Gasteiger partial charge in [-0.2, -0.15) is 0 Å². The first-order valence-electron chi connectivity index (χ1n) is 25.7. The molecule has 0 bridgehead atoms. The number of nitrogens with two attached hydrogens (primary N) is 1. The van der Waals surface area contributed by atoms with Crippen LogP contribution in [-0.4, -0.2) is 78.4 Å². The third-order valence-corrected chi connectivity index (χ3v) is 18.1. The Morgan fingerprint density at radius 1 is 0.970 bits per heavy atom. The van der Waals surface area contributed by atoms with Crippen LogP contribution in [0, 0.1) is 64.6 Å². The molecule has 2 aliphatic heterocycles. The van der Waals surface area contributed by atoms with Gasteiger partial charge in [-0.15, -0.1) is 0 Å². The van der Waals surface area contributed by atoms with Crippen molar-refractivity contribution in [2.75, 3.05) is 33.3 Å². The number of allylic oxidation sites excluding steroid dienone is 2. The molecule has 5 aliphatic carbocycles. The Morgan fingerprint density at radius 3 is 2.63 bits per heavy atom. The van der Waals surface area contributed by atoms with E-state index in [4.69, 9.17) is 10.5 Å². The second kappa shape index (κ2) is 19.4. The lowest BCUT2D eigenvalue weighted by Gasteiger charge is -2.62. The number of fused-ring (bicyclic) bond motifs is 2. The topological polar surface area (TPSA) is 166 Å². The Morgan fingerprint density at radius 2 is 1.82 bits per heavy atom. The Balaban J connectivity index is 0.908. The number of piperidine rings is 1. The number of phenols is 1. The highest BCUT2D eigenvalue weighted by atomic mass is 16.5. The van der Waals surface area contributed by atoms with Gasteiger partial charge >= 0.3 is 0 Å². The van der Waals surface area contributed by atoms with E-state index in [9.17, 15) is 24.9 Å². The van der Waals surface area contributed by atoms with E-state index in [1.807, 2.05) is 24.3 Å². The standard InChI is InChI=1S/C57H72N4O6/c1-3-59-32-48-44-14-11-40-23-43(63)29-49-56(40)55(44)41(31-61-49)24-47(48)38-17-20-57(53(66)26-38)19-16-34(46-30-50(64)51(67-2)25-37(46)12-15-52(57)65)10-13-42(62)28-45(39-18-21-60-54(58)27-39)36-9-8-33-6-4-5-7-35(33)22-36/h4-9,18,22,25,27,30,34,38,40-42,44-45,47-49,53,55-56,59-62,64,66H,3,10-15,17,20-21,23-24,26,28-29,31-32,58H2,1-2H3/t34-,38-,40-,41+,42-,44+,45-,47-,48+,49-,53+,55-,56-,57+/m0/s1. The number of Topliss-reactive ketones (excluding diaryl/α,β-unsaturated/α-hetero) is 2. The van der Waals surface area contributed by atoms with Crippen molar-refractivity contribution < 1.29 is 29.6 Å². The Kier molecular flexibility index (Phi) is 13.3. The van der Waals surface area contributed by atoms with Gasteiger partial charge in [0.1, 0.15) is 11.2 Å². The van der Waals surface area contributed by atoms with Crippen LogP contribution in [0.5, 0.6) is 11.5 Å².